The predicted molar refractivity (Wildman–Crippen MR) is 78.7 cm³/mol. The van der Waals surface area contributed by atoms with E-state index in [-0.39, 0.29) is 23.2 Å². The monoisotopic (exact) mass is 287 g/mol. The molecular formula is C16H18FN3O. The SMILES string of the molecule is CC(C)(C)n1ncc2c1NC(=O)C[C@@H]2c1ccc(F)cc1. The fourth-order valence-corrected chi connectivity index (χ4v) is 2.72. The quantitative estimate of drug-likeness (QED) is 0.875. The molecule has 4 nitrogen and oxygen atoms in total. The molecule has 21 heavy (non-hydrogen) atoms. The van der Waals surface area contributed by atoms with Crippen molar-refractivity contribution in [1.29, 1.82) is 0 Å². The van der Waals surface area contributed by atoms with Gasteiger partial charge in [0, 0.05) is 17.9 Å². The molecule has 0 fully saturated rings. The first-order valence-electron chi connectivity index (χ1n) is 7.00. The molecule has 0 saturated carbocycles. The maximum atomic E-state index is 13.1. The summed E-state index contributed by atoms with van der Waals surface area (Å²) in [5.74, 6) is 0.353. The lowest BCUT2D eigenvalue weighted by Gasteiger charge is -2.28. The topological polar surface area (TPSA) is 46.9 Å². The first kappa shape index (κ1) is 13.8. The van der Waals surface area contributed by atoms with E-state index in [1.807, 2.05) is 25.5 Å². The van der Waals surface area contributed by atoms with Gasteiger partial charge >= 0.3 is 0 Å². The summed E-state index contributed by atoms with van der Waals surface area (Å²) in [6, 6.07) is 6.32. The molecule has 0 spiro atoms. The summed E-state index contributed by atoms with van der Waals surface area (Å²) in [4.78, 5) is 12.0. The minimum absolute atomic E-state index is 0.0391. The molecule has 110 valence electrons. The molecular weight excluding hydrogens is 269 g/mol. The van der Waals surface area contributed by atoms with Crippen molar-refractivity contribution in [2.24, 2.45) is 0 Å². The zero-order chi connectivity index (χ0) is 15.2. The molecule has 5 heteroatoms. The summed E-state index contributed by atoms with van der Waals surface area (Å²) in [5, 5.41) is 7.34. The van der Waals surface area contributed by atoms with Crippen LogP contribution in [0.25, 0.3) is 0 Å². The van der Waals surface area contributed by atoms with Crippen LogP contribution in [0.2, 0.25) is 0 Å². The number of amides is 1. The third-order valence-corrected chi connectivity index (χ3v) is 3.73. The predicted octanol–water partition coefficient (Wildman–Crippen LogP) is 3.25. The van der Waals surface area contributed by atoms with E-state index in [0.717, 1.165) is 16.9 Å². The smallest absolute Gasteiger partial charge is 0.226 e. The Morgan fingerprint density at radius 2 is 1.95 bits per heavy atom. The highest BCUT2D eigenvalue weighted by atomic mass is 19.1. The van der Waals surface area contributed by atoms with E-state index in [2.05, 4.69) is 10.4 Å². The van der Waals surface area contributed by atoms with Crippen LogP contribution in [0.4, 0.5) is 10.2 Å². The number of halogens is 1. The van der Waals surface area contributed by atoms with Crippen LogP contribution in [-0.2, 0) is 10.3 Å². The summed E-state index contributed by atoms with van der Waals surface area (Å²) in [7, 11) is 0. The van der Waals surface area contributed by atoms with Gasteiger partial charge in [0.25, 0.3) is 0 Å². The number of nitrogens with zero attached hydrogens (tertiary/aromatic N) is 2. The van der Waals surface area contributed by atoms with Gasteiger partial charge in [0.15, 0.2) is 0 Å². The molecule has 1 atom stereocenters. The number of anilines is 1. The van der Waals surface area contributed by atoms with Gasteiger partial charge in [-0.15, -0.1) is 0 Å². The minimum atomic E-state index is -0.273. The third kappa shape index (κ3) is 2.44. The Morgan fingerprint density at radius 1 is 1.29 bits per heavy atom. The van der Waals surface area contributed by atoms with E-state index >= 15 is 0 Å². The second-order valence-corrected chi connectivity index (χ2v) is 6.39. The number of hydrogen-bond acceptors (Lipinski definition) is 2. The molecule has 2 heterocycles. The number of hydrogen-bond donors (Lipinski definition) is 1. The Kier molecular flexibility index (Phi) is 3.08. The minimum Gasteiger partial charge on any atom is -0.311 e. The Hall–Kier alpha value is -2.17. The van der Waals surface area contributed by atoms with Crippen LogP contribution in [-0.4, -0.2) is 15.7 Å². The van der Waals surface area contributed by atoms with Crippen molar-refractivity contribution in [1.82, 2.24) is 9.78 Å². The third-order valence-electron chi connectivity index (χ3n) is 3.73. The lowest BCUT2D eigenvalue weighted by molar-refractivity contribution is -0.116. The Labute approximate surface area is 123 Å². The van der Waals surface area contributed by atoms with E-state index in [9.17, 15) is 9.18 Å². The van der Waals surface area contributed by atoms with E-state index in [1.165, 1.54) is 12.1 Å². The second-order valence-electron chi connectivity index (χ2n) is 6.39. The molecule has 1 N–H and O–H groups in total. The average Bonchev–Trinajstić information content (AvgIpc) is 2.82. The van der Waals surface area contributed by atoms with Gasteiger partial charge in [-0.25, -0.2) is 9.07 Å². The number of aromatic nitrogens is 2. The van der Waals surface area contributed by atoms with Crippen molar-refractivity contribution in [2.45, 2.75) is 38.6 Å². The molecule has 0 saturated heterocycles. The van der Waals surface area contributed by atoms with Gasteiger partial charge in [-0.3, -0.25) is 4.79 Å². The number of rotatable bonds is 1. The van der Waals surface area contributed by atoms with E-state index in [1.54, 1.807) is 18.3 Å². The van der Waals surface area contributed by atoms with Crippen molar-refractivity contribution < 1.29 is 9.18 Å². The van der Waals surface area contributed by atoms with Crippen LogP contribution < -0.4 is 5.32 Å². The largest absolute Gasteiger partial charge is 0.311 e. The van der Waals surface area contributed by atoms with Gasteiger partial charge in [0.1, 0.15) is 11.6 Å². The number of benzene rings is 1. The zero-order valence-corrected chi connectivity index (χ0v) is 12.4. The van der Waals surface area contributed by atoms with Gasteiger partial charge in [0.05, 0.1) is 11.7 Å². The summed E-state index contributed by atoms with van der Waals surface area (Å²) < 4.78 is 14.9. The molecule has 1 aliphatic heterocycles. The molecule has 3 rings (SSSR count). The van der Waals surface area contributed by atoms with Crippen LogP contribution in [0.5, 0.6) is 0 Å². The number of fused-ring (bicyclic) bond motifs is 1. The normalized spacial score (nSPS) is 18.3. The van der Waals surface area contributed by atoms with Gasteiger partial charge in [-0.05, 0) is 38.5 Å². The summed E-state index contributed by atoms with van der Waals surface area (Å²) in [6.07, 6.45) is 2.16. The molecule has 1 aromatic heterocycles. The molecule has 0 bridgehead atoms. The molecule has 1 aliphatic rings. The highest BCUT2D eigenvalue weighted by Gasteiger charge is 2.32. The van der Waals surface area contributed by atoms with Gasteiger partial charge in [-0.2, -0.15) is 5.10 Å². The van der Waals surface area contributed by atoms with Crippen LogP contribution in [0.3, 0.4) is 0 Å². The van der Waals surface area contributed by atoms with Gasteiger partial charge < -0.3 is 5.32 Å². The van der Waals surface area contributed by atoms with E-state index in [0.29, 0.717) is 6.42 Å². The molecule has 2 aromatic rings. The summed E-state index contributed by atoms with van der Waals surface area (Å²) >= 11 is 0. The average molecular weight is 287 g/mol. The van der Waals surface area contributed by atoms with Crippen molar-refractivity contribution >= 4 is 11.7 Å². The van der Waals surface area contributed by atoms with Crippen molar-refractivity contribution in [3.63, 3.8) is 0 Å². The van der Waals surface area contributed by atoms with Crippen LogP contribution in [0.15, 0.2) is 30.5 Å². The van der Waals surface area contributed by atoms with E-state index < -0.39 is 0 Å². The Balaban J connectivity index is 2.09. The van der Waals surface area contributed by atoms with Crippen molar-refractivity contribution in [3.8, 4) is 0 Å². The first-order chi connectivity index (χ1) is 9.86. The van der Waals surface area contributed by atoms with Crippen molar-refractivity contribution in [3.05, 3.63) is 47.4 Å². The van der Waals surface area contributed by atoms with Crippen LogP contribution in [0.1, 0.15) is 44.2 Å². The lowest BCUT2D eigenvalue weighted by Crippen LogP contribution is -2.30. The maximum Gasteiger partial charge on any atom is 0.226 e. The van der Waals surface area contributed by atoms with Gasteiger partial charge in [-0.1, -0.05) is 12.1 Å². The van der Waals surface area contributed by atoms with Crippen LogP contribution in [0, 0.1) is 5.82 Å². The van der Waals surface area contributed by atoms with Crippen molar-refractivity contribution in [2.75, 3.05) is 5.32 Å². The Morgan fingerprint density at radius 3 is 2.57 bits per heavy atom. The molecule has 1 aromatic carbocycles. The summed E-state index contributed by atoms with van der Waals surface area (Å²) in [5.41, 5.74) is 1.70. The molecule has 0 radical (unpaired) electrons. The molecule has 0 unspecified atom stereocenters. The number of nitrogens with one attached hydrogen (secondary N) is 1. The maximum absolute atomic E-state index is 13.1. The van der Waals surface area contributed by atoms with Crippen LogP contribution >= 0.6 is 0 Å². The fourth-order valence-electron chi connectivity index (χ4n) is 2.72. The zero-order valence-electron chi connectivity index (χ0n) is 12.4. The first-order valence-corrected chi connectivity index (χ1v) is 7.00. The molecule has 1 amide bonds. The standard InChI is InChI=1S/C16H18FN3O/c1-16(2,3)20-15-13(9-18-20)12(8-14(21)19-15)10-4-6-11(17)7-5-10/h4-7,9,12H,8H2,1-3H3,(H,19,21)/t12-/m1/s1. The Bertz CT molecular complexity index is 683. The highest BCUT2D eigenvalue weighted by molar-refractivity contribution is 5.94. The van der Waals surface area contributed by atoms with E-state index in [4.69, 9.17) is 0 Å². The number of carbonyl (C=O) groups excluding carboxylic acids is 1. The lowest BCUT2D eigenvalue weighted by atomic mass is 9.87. The molecule has 0 aliphatic carbocycles. The fraction of sp³-hybridized carbons (Fsp3) is 0.375. The second kappa shape index (κ2) is 4.69. The summed E-state index contributed by atoms with van der Waals surface area (Å²) in [6.45, 7) is 6.11. The van der Waals surface area contributed by atoms with Gasteiger partial charge in [0.2, 0.25) is 5.91 Å². The highest BCUT2D eigenvalue weighted by Crippen LogP contribution is 2.38. The number of carbonyl (C=O) groups is 1.